The molecular weight excluding hydrogens is 200 g/mol. The molecule has 1 aromatic carbocycles. The summed E-state index contributed by atoms with van der Waals surface area (Å²) in [6.07, 6.45) is 0. The Morgan fingerprint density at radius 1 is 1.29 bits per heavy atom. The van der Waals surface area contributed by atoms with E-state index in [-0.39, 0.29) is 6.61 Å². The Morgan fingerprint density at radius 2 is 2.07 bits per heavy atom. The van der Waals surface area contributed by atoms with Gasteiger partial charge in [0.05, 0.1) is 6.61 Å². The lowest BCUT2D eigenvalue weighted by Gasteiger charge is -2.01. The third-order valence-corrected chi connectivity index (χ3v) is 2.22. The van der Waals surface area contributed by atoms with Gasteiger partial charge in [0, 0.05) is 0 Å². The molecule has 4 nitrogen and oxygen atoms in total. The minimum absolute atomic E-state index is 0.0408. The van der Waals surface area contributed by atoms with Gasteiger partial charge in [0.25, 0.3) is 5.19 Å². The summed E-state index contributed by atoms with van der Waals surface area (Å²) < 4.78 is 5.38. The van der Waals surface area contributed by atoms with E-state index in [0.717, 1.165) is 5.56 Å². The van der Waals surface area contributed by atoms with Crippen LogP contribution in [0.15, 0.2) is 29.8 Å². The molecule has 1 heterocycles. The van der Waals surface area contributed by atoms with Crippen LogP contribution in [0.4, 0.5) is 0 Å². The molecule has 1 N–H and O–H groups in total. The molecule has 1 aromatic heterocycles. The second kappa shape index (κ2) is 4.17. The van der Waals surface area contributed by atoms with E-state index in [4.69, 9.17) is 9.84 Å². The lowest BCUT2D eigenvalue weighted by molar-refractivity contribution is 0.281. The highest BCUT2D eigenvalue weighted by molar-refractivity contribution is 7.11. The van der Waals surface area contributed by atoms with Crippen LogP contribution in [-0.4, -0.2) is 15.3 Å². The molecule has 0 amide bonds. The number of nitrogens with zero attached hydrogens (tertiary/aromatic N) is 2. The number of aromatic nitrogens is 2. The van der Waals surface area contributed by atoms with E-state index in [1.165, 1.54) is 11.3 Å². The lowest BCUT2D eigenvalue weighted by Crippen LogP contribution is -1.85. The molecule has 0 aliphatic rings. The summed E-state index contributed by atoms with van der Waals surface area (Å²) in [7, 11) is 0. The van der Waals surface area contributed by atoms with E-state index >= 15 is 0 Å². The van der Waals surface area contributed by atoms with Gasteiger partial charge in [-0.2, -0.15) is 0 Å². The molecule has 0 spiro atoms. The number of aliphatic hydroxyl groups excluding tert-OH is 1. The Balaban J connectivity index is 2.10. The minimum Gasteiger partial charge on any atom is -0.430 e. The van der Waals surface area contributed by atoms with E-state index in [9.17, 15) is 0 Å². The zero-order valence-corrected chi connectivity index (χ0v) is 8.07. The number of hydrogen-bond donors (Lipinski definition) is 1. The van der Waals surface area contributed by atoms with Gasteiger partial charge in [-0.3, -0.25) is 0 Å². The van der Waals surface area contributed by atoms with Crippen LogP contribution in [0.5, 0.6) is 10.9 Å². The topological polar surface area (TPSA) is 55.2 Å². The predicted molar refractivity (Wildman–Crippen MR) is 52.3 cm³/mol. The Hall–Kier alpha value is -1.46. The first-order valence-corrected chi connectivity index (χ1v) is 4.90. The van der Waals surface area contributed by atoms with Crippen molar-refractivity contribution < 1.29 is 9.84 Å². The van der Waals surface area contributed by atoms with E-state index in [0.29, 0.717) is 10.9 Å². The maximum absolute atomic E-state index is 8.82. The van der Waals surface area contributed by atoms with Crippen molar-refractivity contribution in [1.82, 2.24) is 10.2 Å². The van der Waals surface area contributed by atoms with Crippen LogP contribution in [0.3, 0.4) is 0 Å². The molecule has 0 atom stereocenters. The second-order valence-corrected chi connectivity index (χ2v) is 3.40. The smallest absolute Gasteiger partial charge is 0.299 e. The highest BCUT2D eigenvalue weighted by Gasteiger charge is 1.99. The first-order chi connectivity index (χ1) is 6.88. The highest BCUT2D eigenvalue weighted by atomic mass is 32.1. The number of benzene rings is 1. The van der Waals surface area contributed by atoms with E-state index in [1.807, 2.05) is 0 Å². The van der Waals surface area contributed by atoms with Gasteiger partial charge in [-0.1, -0.05) is 28.6 Å². The molecule has 0 aliphatic carbocycles. The van der Waals surface area contributed by atoms with Gasteiger partial charge >= 0.3 is 0 Å². The molecule has 0 bridgehead atoms. The molecule has 0 fully saturated rings. The van der Waals surface area contributed by atoms with E-state index in [1.54, 1.807) is 29.8 Å². The average molecular weight is 208 g/mol. The van der Waals surface area contributed by atoms with Gasteiger partial charge in [-0.15, -0.1) is 5.10 Å². The zero-order chi connectivity index (χ0) is 9.80. The Kier molecular flexibility index (Phi) is 2.71. The Bertz CT molecular complexity index is 386. The number of aliphatic hydroxyl groups is 1. The number of rotatable bonds is 3. The quantitative estimate of drug-likeness (QED) is 0.836. The molecule has 2 aromatic rings. The zero-order valence-electron chi connectivity index (χ0n) is 7.25. The molecule has 2 rings (SSSR count). The van der Waals surface area contributed by atoms with Crippen molar-refractivity contribution in [1.29, 1.82) is 0 Å². The summed E-state index contributed by atoms with van der Waals surface area (Å²) in [5, 5.41) is 16.7. The molecule has 14 heavy (non-hydrogen) atoms. The van der Waals surface area contributed by atoms with E-state index in [2.05, 4.69) is 10.2 Å². The van der Waals surface area contributed by atoms with Crippen molar-refractivity contribution >= 4 is 11.3 Å². The van der Waals surface area contributed by atoms with Gasteiger partial charge in [0.1, 0.15) is 11.3 Å². The van der Waals surface area contributed by atoms with Crippen LogP contribution >= 0.6 is 11.3 Å². The fourth-order valence-electron chi connectivity index (χ4n) is 0.971. The molecule has 0 radical (unpaired) electrons. The van der Waals surface area contributed by atoms with Crippen molar-refractivity contribution in [2.45, 2.75) is 6.61 Å². The van der Waals surface area contributed by atoms with Crippen molar-refractivity contribution in [3.63, 3.8) is 0 Å². The van der Waals surface area contributed by atoms with Crippen molar-refractivity contribution in [2.24, 2.45) is 0 Å². The molecule has 72 valence electrons. The lowest BCUT2D eigenvalue weighted by atomic mass is 10.2. The largest absolute Gasteiger partial charge is 0.430 e. The molecule has 5 heteroatoms. The van der Waals surface area contributed by atoms with Gasteiger partial charge < -0.3 is 9.84 Å². The van der Waals surface area contributed by atoms with Gasteiger partial charge in [0.15, 0.2) is 0 Å². The van der Waals surface area contributed by atoms with Crippen LogP contribution in [0.25, 0.3) is 0 Å². The van der Waals surface area contributed by atoms with Crippen molar-refractivity contribution in [3.8, 4) is 10.9 Å². The third-order valence-electron chi connectivity index (χ3n) is 1.65. The van der Waals surface area contributed by atoms with Crippen LogP contribution in [0.2, 0.25) is 0 Å². The van der Waals surface area contributed by atoms with Crippen molar-refractivity contribution in [3.05, 3.63) is 35.3 Å². The molecule has 0 unspecified atom stereocenters. The van der Waals surface area contributed by atoms with Crippen LogP contribution in [-0.2, 0) is 6.61 Å². The van der Waals surface area contributed by atoms with E-state index < -0.39 is 0 Å². The summed E-state index contributed by atoms with van der Waals surface area (Å²) in [5.74, 6) is 0.693. The molecule has 0 saturated heterocycles. The Morgan fingerprint density at radius 3 is 2.64 bits per heavy atom. The molecular formula is C9H8N2O2S. The fraction of sp³-hybridized carbons (Fsp3) is 0.111. The first-order valence-electron chi connectivity index (χ1n) is 4.02. The first kappa shape index (κ1) is 9.11. The number of ether oxygens (including phenoxy) is 1. The van der Waals surface area contributed by atoms with Crippen molar-refractivity contribution in [2.75, 3.05) is 0 Å². The summed E-state index contributed by atoms with van der Waals surface area (Å²) in [6, 6.07) is 7.17. The van der Waals surface area contributed by atoms with Crippen LogP contribution < -0.4 is 4.74 Å². The summed E-state index contributed by atoms with van der Waals surface area (Å²) in [4.78, 5) is 0. The Labute approximate surface area is 84.8 Å². The fourth-order valence-corrected chi connectivity index (χ4v) is 1.39. The minimum atomic E-state index is 0.0408. The van der Waals surface area contributed by atoms with Crippen LogP contribution in [0.1, 0.15) is 5.56 Å². The average Bonchev–Trinajstić information content (AvgIpc) is 2.72. The summed E-state index contributed by atoms with van der Waals surface area (Å²) in [6.45, 7) is 0.0408. The normalized spacial score (nSPS) is 10.1. The maximum atomic E-state index is 8.82. The molecule has 0 aliphatic heterocycles. The predicted octanol–water partition coefficient (Wildman–Crippen LogP) is 1.82. The number of hydrogen-bond acceptors (Lipinski definition) is 5. The second-order valence-electron chi connectivity index (χ2n) is 2.61. The molecule has 0 saturated carbocycles. The van der Waals surface area contributed by atoms with Gasteiger partial charge in [0.2, 0.25) is 0 Å². The van der Waals surface area contributed by atoms with Gasteiger partial charge in [-0.05, 0) is 17.7 Å². The summed E-state index contributed by atoms with van der Waals surface area (Å²) in [5.41, 5.74) is 2.46. The maximum Gasteiger partial charge on any atom is 0.299 e. The highest BCUT2D eigenvalue weighted by Crippen LogP contribution is 2.22. The van der Waals surface area contributed by atoms with Crippen LogP contribution in [0, 0.1) is 0 Å². The SMILES string of the molecule is OCc1ccc(Oc2nncs2)cc1. The third kappa shape index (κ3) is 2.07. The monoisotopic (exact) mass is 208 g/mol. The summed E-state index contributed by atoms with van der Waals surface area (Å²) >= 11 is 1.33. The van der Waals surface area contributed by atoms with Gasteiger partial charge in [-0.25, -0.2) is 0 Å². The standard InChI is InChI=1S/C9H8N2O2S/c12-5-7-1-3-8(4-2-7)13-9-11-10-6-14-9/h1-4,6,12H,5H2.